The summed E-state index contributed by atoms with van der Waals surface area (Å²) in [6, 6.07) is 0. The van der Waals surface area contributed by atoms with Gasteiger partial charge in [0.15, 0.2) is 0 Å². The summed E-state index contributed by atoms with van der Waals surface area (Å²) < 4.78 is 0. The smallest absolute Gasteiger partial charge is 0.185 e. The Morgan fingerprint density at radius 2 is 2.00 bits per heavy atom. The van der Waals surface area contributed by atoms with Gasteiger partial charge in [0.1, 0.15) is 5.40 Å². The number of nitriles is 1. The van der Waals surface area contributed by atoms with Gasteiger partial charge in [0, 0.05) is 46.9 Å². The van der Waals surface area contributed by atoms with Gasteiger partial charge < -0.3 is 0 Å². The Morgan fingerprint density at radius 3 is 2.00 bits per heavy atom. The van der Waals surface area contributed by atoms with Crippen LogP contribution < -0.4 is 0 Å². The molecule has 0 N–H and O–H groups in total. The third-order valence-corrected chi connectivity index (χ3v) is 0. The molecule has 0 aliphatic heterocycles. The molecule has 3 heteroatoms. The summed E-state index contributed by atoms with van der Waals surface area (Å²) in [6.07, 6.45) is 0. The van der Waals surface area contributed by atoms with Crippen molar-refractivity contribution in [2.24, 2.45) is 0 Å². The van der Waals surface area contributed by atoms with E-state index in [0.717, 1.165) is 0 Å². The Balaban J connectivity index is -0.0000000200. The number of thiocyanates is 1. The fourth-order valence-corrected chi connectivity index (χ4v) is 0. The Morgan fingerprint density at radius 1 is 2.00 bits per heavy atom. The Kier molecular flexibility index (Phi) is 19.9. The van der Waals surface area contributed by atoms with Crippen LogP contribution in [-0.4, -0.2) is 0 Å². The predicted octanol–water partition coefficient (Wildman–Crippen LogP) is 0.510. The van der Waals surface area contributed by atoms with Crippen molar-refractivity contribution in [1.29, 1.82) is 5.26 Å². The molecule has 4 heavy (non-hydrogen) atoms. The molecule has 0 amide bonds. The normalized spacial score (nSPS) is 2.00. The van der Waals surface area contributed by atoms with Gasteiger partial charge in [-0.15, -0.1) is 0 Å². The first kappa shape index (κ1) is 9.03. The molecule has 0 aromatic heterocycles. The van der Waals surface area contributed by atoms with Crippen LogP contribution in [0.5, 0.6) is 0 Å². The Hall–Kier alpha value is 1.36. The fraction of sp³-hybridized carbons (Fsp3) is 0. The second-order valence-electron chi connectivity index (χ2n) is 0.100. The molecular weight excluding hydrogens is 231 g/mol. The largest absolute Gasteiger partial charge is 1.00 e. The van der Waals surface area contributed by atoms with Crippen molar-refractivity contribution in [2.45, 2.75) is 0 Å². The summed E-state index contributed by atoms with van der Waals surface area (Å²) in [5, 5.41) is 8.63. The monoisotopic (exact) mass is 234 g/mol. The molecule has 0 aliphatic carbocycles. The maximum absolute atomic E-state index is 7.18. The van der Waals surface area contributed by atoms with Crippen molar-refractivity contribution in [3.05, 3.63) is 0 Å². The van der Waals surface area contributed by atoms with Crippen LogP contribution in [0.1, 0.15) is 1.43 Å². The predicted molar refractivity (Wildman–Crippen MR) is 15.7 cm³/mol. The molecule has 0 heterocycles. The molecule has 0 saturated carbocycles. The van der Waals surface area contributed by atoms with E-state index in [2.05, 4.69) is 12.6 Å². The summed E-state index contributed by atoms with van der Waals surface area (Å²) >= 11 is 3.09. The minimum atomic E-state index is 0. The molecule has 30 valence electrons. The molecular formula is CH2NSYb+. The summed E-state index contributed by atoms with van der Waals surface area (Å²) in [5.41, 5.74) is 0. The molecule has 0 saturated heterocycles. The van der Waals surface area contributed by atoms with Gasteiger partial charge in [-0.1, -0.05) is 12.6 Å². The van der Waals surface area contributed by atoms with E-state index in [1.807, 2.05) is 0 Å². The van der Waals surface area contributed by atoms with Crippen LogP contribution in [0.25, 0.3) is 0 Å². The molecule has 0 aromatic carbocycles. The zero-order valence-corrected chi connectivity index (χ0v) is 4.27. The van der Waals surface area contributed by atoms with Crippen molar-refractivity contribution in [3.63, 3.8) is 0 Å². The molecule has 0 rings (SSSR count). The summed E-state index contributed by atoms with van der Waals surface area (Å²) in [5.74, 6) is 0. The van der Waals surface area contributed by atoms with Crippen molar-refractivity contribution in [3.8, 4) is 5.40 Å². The SMILES string of the molecule is N#CS.[H+].[Yb]. The fourth-order valence-electron chi connectivity index (χ4n) is 0. The first-order chi connectivity index (χ1) is 1.41. The van der Waals surface area contributed by atoms with Crippen LogP contribution in [0.4, 0.5) is 0 Å². The Labute approximate surface area is 70.5 Å². The molecule has 0 aromatic rings. The minimum Gasteiger partial charge on any atom is -0.185 e. The second-order valence-corrected chi connectivity index (χ2v) is 0.300. The van der Waals surface area contributed by atoms with E-state index in [-0.39, 0.29) is 48.4 Å². The van der Waals surface area contributed by atoms with E-state index in [1.165, 1.54) is 5.40 Å². The van der Waals surface area contributed by atoms with Gasteiger partial charge in [0.05, 0.1) is 0 Å². The maximum Gasteiger partial charge on any atom is 1.00 e. The third-order valence-electron chi connectivity index (χ3n) is 0. The number of nitrogens with zero attached hydrogens (tertiary/aromatic N) is 1. The maximum atomic E-state index is 7.18. The van der Waals surface area contributed by atoms with Crippen molar-refractivity contribution >= 4 is 12.6 Å². The van der Waals surface area contributed by atoms with Crippen molar-refractivity contribution < 1.29 is 48.4 Å². The molecule has 0 spiro atoms. The first-order valence-corrected chi connectivity index (χ1v) is 0.894. The van der Waals surface area contributed by atoms with Gasteiger partial charge in [0.25, 0.3) is 0 Å². The van der Waals surface area contributed by atoms with Crippen LogP contribution in [0.2, 0.25) is 0 Å². The zero-order chi connectivity index (χ0) is 2.71. The molecule has 0 unspecified atom stereocenters. The van der Waals surface area contributed by atoms with Crippen LogP contribution >= 0.6 is 12.6 Å². The topological polar surface area (TPSA) is 23.8 Å². The van der Waals surface area contributed by atoms with Gasteiger partial charge >= 0.3 is 1.43 Å². The van der Waals surface area contributed by atoms with Crippen LogP contribution in [-0.2, 0) is 0 Å². The molecule has 1 nitrogen and oxygen atoms in total. The average molecular weight is 233 g/mol. The van der Waals surface area contributed by atoms with Crippen LogP contribution in [0, 0.1) is 57.6 Å². The average Bonchev–Trinajstić information content (AvgIpc) is 0.918. The van der Waals surface area contributed by atoms with Crippen molar-refractivity contribution in [1.82, 2.24) is 0 Å². The molecule has 0 bridgehead atoms. The van der Waals surface area contributed by atoms with Gasteiger partial charge in [-0.2, -0.15) is 5.26 Å². The summed E-state index contributed by atoms with van der Waals surface area (Å²) in [7, 11) is 0. The van der Waals surface area contributed by atoms with E-state index >= 15 is 0 Å². The summed E-state index contributed by atoms with van der Waals surface area (Å²) in [4.78, 5) is 0. The van der Waals surface area contributed by atoms with Gasteiger partial charge in [-0.3, -0.25) is 0 Å². The molecule has 0 radical (unpaired) electrons. The van der Waals surface area contributed by atoms with Crippen LogP contribution in [0.3, 0.4) is 0 Å². The molecule has 0 fully saturated rings. The number of hydrogen-bond donors (Lipinski definition) is 1. The van der Waals surface area contributed by atoms with E-state index in [0.29, 0.717) is 0 Å². The van der Waals surface area contributed by atoms with Gasteiger partial charge in [-0.25, -0.2) is 0 Å². The summed E-state index contributed by atoms with van der Waals surface area (Å²) in [6.45, 7) is 0. The van der Waals surface area contributed by atoms with Gasteiger partial charge in [0.2, 0.25) is 0 Å². The minimum absolute atomic E-state index is 0. The second kappa shape index (κ2) is 8.84. The quantitative estimate of drug-likeness (QED) is 0.478. The first-order valence-electron chi connectivity index (χ1n) is 0.447. The zero-order valence-electron chi connectivity index (χ0n) is 2.66. The number of rotatable bonds is 0. The standard InChI is InChI=1S/CHNS.Yb/c2-1-3;/h3H;/p+1. The van der Waals surface area contributed by atoms with Crippen LogP contribution in [0.15, 0.2) is 0 Å². The van der Waals surface area contributed by atoms with E-state index < -0.39 is 0 Å². The Bertz CT molecular complexity index is 33.1. The molecule has 0 atom stereocenters. The van der Waals surface area contributed by atoms with Gasteiger partial charge in [-0.05, 0) is 0 Å². The van der Waals surface area contributed by atoms with E-state index in [4.69, 9.17) is 5.26 Å². The molecule has 0 aliphatic rings. The third kappa shape index (κ3) is 10.1. The van der Waals surface area contributed by atoms with E-state index in [9.17, 15) is 0 Å². The number of thiol groups is 1. The van der Waals surface area contributed by atoms with Crippen molar-refractivity contribution in [2.75, 3.05) is 0 Å². The number of hydrogen-bond acceptors (Lipinski definition) is 2. The van der Waals surface area contributed by atoms with E-state index in [1.54, 1.807) is 0 Å².